The Bertz CT molecular complexity index is 541. The van der Waals surface area contributed by atoms with E-state index in [0.717, 1.165) is 11.9 Å². The summed E-state index contributed by atoms with van der Waals surface area (Å²) in [7, 11) is 0. The molecule has 0 aliphatic heterocycles. The van der Waals surface area contributed by atoms with Crippen molar-refractivity contribution in [3.63, 3.8) is 0 Å². The summed E-state index contributed by atoms with van der Waals surface area (Å²) in [6, 6.07) is 5.82. The maximum absolute atomic E-state index is 11.0. The van der Waals surface area contributed by atoms with Crippen molar-refractivity contribution in [3.05, 3.63) is 34.3 Å². The number of aromatic nitrogens is 1. The van der Waals surface area contributed by atoms with Crippen molar-refractivity contribution in [1.29, 1.82) is 0 Å². The number of oxazole rings is 1. The second kappa shape index (κ2) is 4.45. The van der Waals surface area contributed by atoms with Crippen LogP contribution >= 0.6 is 15.9 Å². The molecule has 16 heavy (non-hydrogen) atoms. The normalized spacial score (nSPS) is 13.5. The number of fused-ring (bicyclic) bond motifs is 1. The van der Waals surface area contributed by atoms with E-state index in [-0.39, 0.29) is 0 Å². The first-order valence-electron chi connectivity index (χ1n) is 5.32. The van der Waals surface area contributed by atoms with Crippen molar-refractivity contribution in [2.24, 2.45) is 5.92 Å². The van der Waals surface area contributed by atoms with E-state index in [1.807, 2.05) is 18.2 Å². The zero-order valence-corrected chi connectivity index (χ0v) is 10.9. The van der Waals surface area contributed by atoms with E-state index >= 15 is 0 Å². The Hall–Kier alpha value is -1.03. The fraction of sp³-hybridized carbons (Fsp3) is 0.417. The summed E-state index contributed by atoms with van der Waals surface area (Å²) in [5.41, 5.74) is 2.56. The first-order valence-corrected chi connectivity index (χ1v) is 6.23. The molecule has 1 aromatic heterocycles. The number of nitrogens with one attached hydrogen (secondary N) is 1. The van der Waals surface area contributed by atoms with E-state index in [2.05, 4.69) is 34.8 Å². The van der Waals surface area contributed by atoms with E-state index in [4.69, 9.17) is 4.42 Å². The van der Waals surface area contributed by atoms with E-state index in [1.54, 1.807) is 0 Å². The summed E-state index contributed by atoms with van der Waals surface area (Å²) in [6.45, 7) is 4.35. The summed E-state index contributed by atoms with van der Waals surface area (Å²) >= 11 is 3.65. The number of H-pyrrole nitrogens is 1. The third kappa shape index (κ3) is 2.38. The van der Waals surface area contributed by atoms with Crippen molar-refractivity contribution >= 4 is 27.0 Å². The fourth-order valence-electron chi connectivity index (χ4n) is 1.58. The highest BCUT2D eigenvalue weighted by atomic mass is 79.9. The maximum Gasteiger partial charge on any atom is 0.417 e. The number of benzene rings is 1. The van der Waals surface area contributed by atoms with Crippen LogP contribution in [0.5, 0.6) is 0 Å². The predicted molar refractivity (Wildman–Crippen MR) is 68.1 cm³/mol. The predicted octanol–water partition coefficient (Wildman–Crippen LogP) is 3.08. The molecule has 2 rings (SSSR count). The highest BCUT2D eigenvalue weighted by molar-refractivity contribution is 9.09. The smallest absolute Gasteiger partial charge is 0.408 e. The van der Waals surface area contributed by atoms with Gasteiger partial charge in [-0.2, -0.15) is 0 Å². The van der Waals surface area contributed by atoms with Gasteiger partial charge in [0, 0.05) is 4.83 Å². The van der Waals surface area contributed by atoms with Gasteiger partial charge in [-0.05, 0) is 30.0 Å². The molecule has 0 saturated carbocycles. The molecule has 0 bridgehead atoms. The summed E-state index contributed by atoms with van der Waals surface area (Å²) in [4.78, 5) is 14.1. The summed E-state index contributed by atoms with van der Waals surface area (Å²) in [5.74, 6) is 0.181. The molecule has 3 nitrogen and oxygen atoms in total. The van der Waals surface area contributed by atoms with Crippen molar-refractivity contribution in [2.45, 2.75) is 25.1 Å². The molecule has 1 N–H and O–H groups in total. The van der Waals surface area contributed by atoms with Gasteiger partial charge in [-0.3, -0.25) is 4.98 Å². The number of halogens is 1. The molecule has 0 aliphatic carbocycles. The SMILES string of the molecule is CC(C)C(Br)Cc1ccc2[nH]c(=O)oc2c1. The molecule has 1 atom stereocenters. The van der Waals surface area contributed by atoms with Gasteiger partial charge in [0.15, 0.2) is 5.58 Å². The number of hydrogen-bond acceptors (Lipinski definition) is 2. The van der Waals surface area contributed by atoms with E-state index in [1.165, 1.54) is 5.56 Å². The quantitative estimate of drug-likeness (QED) is 0.880. The lowest BCUT2D eigenvalue weighted by molar-refractivity contribution is 0.554. The Morgan fingerprint density at radius 2 is 2.19 bits per heavy atom. The van der Waals surface area contributed by atoms with Crippen molar-refractivity contribution in [1.82, 2.24) is 4.98 Å². The van der Waals surface area contributed by atoms with Gasteiger partial charge in [0.1, 0.15) is 0 Å². The molecule has 0 aliphatic rings. The Labute approximate surface area is 102 Å². The van der Waals surface area contributed by atoms with Crippen LogP contribution in [-0.4, -0.2) is 9.81 Å². The van der Waals surface area contributed by atoms with Gasteiger partial charge >= 0.3 is 5.76 Å². The van der Waals surface area contributed by atoms with Crippen LogP contribution in [0, 0.1) is 5.92 Å². The van der Waals surface area contributed by atoms with E-state index in [9.17, 15) is 4.79 Å². The minimum absolute atomic E-state index is 0.397. The highest BCUT2D eigenvalue weighted by Crippen LogP contribution is 2.20. The van der Waals surface area contributed by atoms with E-state index < -0.39 is 5.76 Å². The van der Waals surface area contributed by atoms with Gasteiger partial charge in [0.25, 0.3) is 0 Å². The molecule has 0 radical (unpaired) electrons. The van der Waals surface area contributed by atoms with Gasteiger partial charge in [0.2, 0.25) is 0 Å². The number of hydrogen-bond donors (Lipinski definition) is 1. The molecule has 0 amide bonds. The second-order valence-electron chi connectivity index (χ2n) is 4.31. The fourth-order valence-corrected chi connectivity index (χ4v) is 1.95. The average molecular weight is 284 g/mol. The van der Waals surface area contributed by atoms with Gasteiger partial charge in [-0.25, -0.2) is 4.79 Å². The largest absolute Gasteiger partial charge is 0.417 e. The first kappa shape index (κ1) is 11.5. The van der Waals surface area contributed by atoms with Crippen LogP contribution in [0.4, 0.5) is 0 Å². The number of rotatable bonds is 3. The minimum Gasteiger partial charge on any atom is -0.408 e. The molecule has 2 aromatic rings. The van der Waals surface area contributed by atoms with Crippen LogP contribution in [0.15, 0.2) is 27.4 Å². The third-order valence-corrected chi connectivity index (χ3v) is 4.02. The van der Waals surface area contributed by atoms with Gasteiger partial charge in [0.05, 0.1) is 5.52 Å². The standard InChI is InChI=1S/C12H14BrNO2/c1-7(2)9(13)5-8-3-4-10-11(6-8)16-12(15)14-10/h3-4,6-7,9H,5H2,1-2H3,(H,14,15). The van der Waals surface area contributed by atoms with Crippen LogP contribution in [0.25, 0.3) is 11.1 Å². The van der Waals surface area contributed by atoms with Crippen molar-refractivity contribution in [2.75, 3.05) is 0 Å². The molecule has 0 spiro atoms. The Morgan fingerprint density at radius 3 is 2.88 bits per heavy atom. The van der Waals surface area contributed by atoms with E-state index in [0.29, 0.717) is 16.3 Å². The zero-order chi connectivity index (χ0) is 11.7. The lowest BCUT2D eigenvalue weighted by atomic mass is 10.0. The molecule has 1 aromatic carbocycles. The molecule has 1 heterocycles. The topological polar surface area (TPSA) is 46.0 Å². The second-order valence-corrected chi connectivity index (χ2v) is 5.49. The Morgan fingerprint density at radius 1 is 1.44 bits per heavy atom. The molecule has 1 unspecified atom stereocenters. The molecule has 86 valence electrons. The number of alkyl halides is 1. The van der Waals surface area contributed by atoms with Crippen LogP contribution in [0.2, 0.25) is 0 Å². The van der Waals surface area contributed by atoms with Gasteiger partial charge < -0.3 is 4.42 Å². The summed E-state index contributed by atoms with van der Waals surface area (Å²) < 4.78 is 5.02. The van der Waals surface area contributed by atoms with Gasteiger partial charge in [-0.15, -0.1) is 0 Å². The van der Waals surface area contributed by atoms with Crippen LogP contribution in [0.1, 0.15) is 19.4 Å². The Kier molecular flexibility index (Phi) is 3.19. The third-order valence-electron chi connectivity index (χ3n) is 2.64. The molecule has 0 fully saturated rings. The minimum atomic E-state index is -0.397. The first-order chi connectivity index (χ1) is 7.56. The molecule has 0 saturated heterocycles. The zero-order valence-electron chi connectivity index (χ0n) is 9.29. The average Bonchev–Trinajstić information content (AvgIpc) is 2.57. The summed E-state index contributed by atoms with van der Waals surface area (Å²) in [6.07, 6.45) is 0.933. The van der Waals surface area contributed by atoms with Crippen LogP contribution in [0.3, 0.4) is 0 Å². The molecular formula is C12H14BrNO2. The lowest BCUT2D eigenvalue weighted by Crippen LogP contribution is -2.10. The lowest BCUT2D eigenvalue weighted by Gasteiger charge is -2.13. The maximum atomic E-state index is 11.0. The van der Waals surface area contributed by atoms with Crippen molar-refractivity contribution < 1.29 is 4.42 Å². The van der Waals surface area contributed by atoms with Crippen LogP contribution < -0.4 is 5.76 Å². The summed E-state index contributed by atoms with van der Waals surface area (Å²) in [5, 5.41) is 0. The van der Waals surface area contributed by atoms with Crippen molar-refractivity contribution in [3.8, 4) is 0 Å². The monoisotopic (exact) mass is 283 g/mol. The van der Waals surface area contributed by atoms with Gasteiger partial charge in [-0.1, -0.05) is 35.8 Å². The van der Waals surface area contributed by atoms with Crippen LogP contribution in [-0.2, 0) is 6.42 Å². The molecule has 4 heteroatoms. The number of aromatic amines is 1. The highest BCUT2D eigenvalue weighted by Gasteiger charge is 2.11. The Balaban J connectivity index is 2.28. The molecular weight excluding hydrogens is 270 g/mol.